The Kier molecular flexibility index (Phi) is 4.19. The second-order valence-corrected chi connectivity index (χ2v) is 4.74. The maximum Gasteiger partial charge on any atom is 0.0289 e. The molecule has 0 heterocycles. The van der Waals surface area contributed by atoms with E-state index in [4.69, 9.17) is 0 Å². The summed E-state index contributed by atoms with van der Waals surface area (Å²) in [7, 11) is 0. The van der Waals surface area contributed by atoms with Crippen LogP contribution in [0, 0.1) is 0 Å². The highest BCUT2D eigenvalue weighted by atomic mass is 79.9. The Hall–Kier alpha value is -0.600. The molecule has 0 fully saturated rings. The highest BCUT2D eigenvalue weighted by Crippen LogP contribution is 2.25. The first-order valence-electron chi connectivity index (χ1n) is 5.14. The van der Waals surface area contributed by atoms with E-state index in [1.165, 1.54) is 22.3 Å². The van der Waals surface area contributed by atoms with Gasteiger partial charge in [-0.15, -0.1) is 0 Å². The molecule has 0 aliphatic heterocycles. The Morgan fingerprint density at radius 1 is 0.750 bits per heavy atom. The number of hydrogen-bond acceptors (Lipinski definition) is 0. The maximum absolute atomic E-state index is 3.53. The van der Waals surface area contributed by atoms with E-state index in [-0.39, 0.29) is 0 Å². The predicted octanol–water partition coefficient (Wildman–Crippen LogP) is 5.14. The zero-order valence-electron chi connectivity index (χ0n) is 8.79. The standard InChI is InChI=1S/C14H12Br2/c15-9-11-5-7-12(8-6-11)14-4-2-1-3-13(14)10-16/h1-8H,9-10H2. The second-order valence-electron chi connectivity index (χ2n) is 3.62. The summed E-state index contributed by atoms with van der Waals surface area (Å²) in [5.41, 5.74) is 5.22. The number of rotatable bonds is 3. The molecule has 0 aliphatic carbocycles. The summed E-state index contributed by atoms with van der Waals surface area (Å²) >= 11 is 6.99. The molecular formula is C14H12Br2. The molecule has 0 radical (unpaired) electrons. The van der Waals surface area contributed by atoms with Gasteiger partial charge < -0.3 is 0 Å². The third kappa shape index (κ3) is 2.55. The van der Waals surface area contributed by atoms with Crippen LogP contribution in [0.4, 0.5) is 0 Å². The fourth-order valence-electron chi connectivity index (χ4n) is 1.69. The molecule has 0 spiro atoms. The summed E-state index contributed by atoms with van der Waals surface area (Å²) in [5.74, 6) is 0. The highest BCUT2D eigenvalue weighted by molar-refractivity contribution is 9.08. The molecule has 0 aliphatic rings. The fourth-order valence-corrected chi connectivity index (χ4v) is 2.55. The topological polar surface area (TPSA) is 0 Å². The normalized spacial score (nSPS) is 10.4. The fraction of sp³-hybridized carbons (Fsp3) is 0.143. The molecule has 0 saturated heterocycles. The zero-order chi connectivity index (χ0) is 11.4. The Balaban J connectivity index is 2.42. The van der Waals surface area contributed by atoms with Crippen molar-refractivity contribution in [1.29, 1.82) is 0 Å². The summed E-state index contributed by atoms with van der Waals surface area (Å²) in [6.07, 6.45) is 0. The highest BCUT2D eigenvalue weighted by Gasteiger charge is 2.02. The lowest BCUT2D eigenvalue weighted by atomic mass is 10.00. The van der Waals surface area contributed by atoms with Crippen LogP contribution in [-0.4, -0.2) is 0 Å². The Morgan fingerprint density at radius 2 is 1.44 bits per heavy atom. The lowest BCUT2D eigenvalue weighted by molar-refractivity contribution is 1.40. The lowest BCUT2D eigenvalue weighted by Gasteiger charge is -2.07. The monoisotopic (exact) mass is 338 g/mol. The number of hydrogen-bond donors (Lipinski definition) is 0. The van der Waals surface area contributed by atoms with Crippen molar-refractivity contribution >= 4 is 31.9 Å². The van der Waals surface area contributed by atoms with Gasteiger partial charge in [-0.2, -0.15) is 0 Å². The summed E-state index contributed by atoms with van der Waals surface area (Å²) in [6, 6.07) is 17.2. The Labute approximate surface area is 113 Å². The third-order valence-electron chi connectivity index (χ3n) is 2.58. The van der Waals surface area contributed by atoms with Gasteiger partial charge in [0.05, 0.1) is 0 Å². The van der Waals surface area contributed by atoms with Gasteiger partial charge in [0.1, 0.15) is 0 Å². The Morgan fingerprint density at radius 3 is 2.06 bits per heavy atom. The minimum Gasteiger partial charge on any atom is -0.0876 e. The molecule has 0 amide bonds. The van der Waals surface area contributed by atoms with Crippen molar-refractivity contribution in [3.8, 4) is 11.1 Å². The molecule has 2 heteroatoms. The summed E-state index contributed by atoms with van der Waals surface area (Å²) in [5, 5.41) is 1.80. The van der Waals surface area contributed by atoms with Crippen molar-refractivity contribution in [2.45, 2.75) is 10.7 Å². The Bertz CT molecular complexity index is 460. The quantitative estimate of drug-likeness (QED) is 0.679. The second kappa shape index (κ2) is 5.65. The molecule has 0 unspecified atom stereocenters. The predicted molar refractivity (Wildman–Crippen MR) is 77.1 cm³/mol. The van der Waals surface area contributed by atoms with Crippen molar-refractivity contribution in [1.82, 2.24) is 0 Å². The van der Waals surface area contributed by atoms with Gasteiger partial charge >= 0.3 is 0 Å². The minimum atomic E-state index is 0.892. The van der Waals surface area contributed by atoms with Crippen molar-refractivity contribution in [3.05, 3.63) is 59.7 Å². The smallest absolute Gasteiger partial charge is 0.0289 e. The van der Waals surface area contributed by atoms with Crippen molar-refractivity contribution in [2.75, 3.05) is 0 Å². The van der Waals surface area contributed by atoms with Crippen molar-refractivity contribution in [3.63, 3.8) is 0 Å². The van der Waals surface area contributed by atoms with Gasteiger partial charge in [0, 0.05) is 10.7 Å². The van der Waals surface area contributed by atoms with E-state index in [1.807, 2.05) is 0 Å². The van der Waals surface area contributed by atoms with Crippen LogP contribution < -0.4 is 0 Å². The molecule has 2 rings (SSSR count). The van der Waals surface area contributed by atoms with Gasteiger partial charge in [-0.05, 0) is 22.3 Å². The van der Waals surface area contributed by atoms with Gasteiger partial charge in [0.25, 0.3) is 0 Å². The average molecular weight is 340 g/mol. The molecule has 82 valence electrons. The van der Waals surface area contributed by atoms with Crippen LogP contribution in [0.3, 0.4) is 0 Å². The van der Waals surface area contributed by atoms with Crippen LogP contribution in [0.1, 0.15) is 11.1 Å². The van der Waals surface area contributed by atoms with E-state index < -0.39 is 0 Å². The summed E-state index contributed by atoms with van der Waals surface area (Å²) in [6.45, 7) is 0. The van der Waals surface area contributed by atoms with Gasteiger partial charge in [0.15, 0.2) is 0 Å². The average Bonchev–Trinajstić information content (AvgIpc) is 2.39. The van der Waals surface area contributed by atoms with Crippen molar-refractivity contribution < 1.29 is 0 Å². The van der Waals surface area contributed by atoms with E-state index in [9.17, 15) is 0 Å². The van der Waals surface area contributed by atoms with Crippen LogP contribution in [0.25, 0.3) is 11.1 Å². The van der Waals surface area contributed by atoms with Crippen LogP contribution in [0.15, 0.2) is 48.5 Å². The third-order valence-corrected chi connectivity index (χ3v) is 3.83. The van der Waals surface area contributed by atoms with Crippen LogP contribution >= 0.6 is 31.9 Å². The van der Waals surface area contributed by atoms with E-state index in [0.29, 0.717) is 0 Å². The number of halogens is 2. The van der Waals surface area contributed by atoms with Crippen molar-refractivity contribution in [2.24, 2.45) is 0 Å². The molecule has 0 nitrogen and oxygen atoms in total. The van der Waals surface area contributed by atoms with Crippen LogP contribution in [0.2, 0.25) is 0 Å². The van der Waals surface area contributed by atoms with Gasteiger partial charge in [-0.25, -0.2) is 0 Å². The maximum atomic E-state index is 3.53. The molecule has 2 aromatic rings. The van der Waals surface area contributed by atoms with Crippen LogP contribution in [-0.2, 0) is 10.7 Å². The molecule has 0 bridgehead atoms. The van der Waals surface area contributed by atoms with E-state index in [1.54, 1.807) is 0 Å². The molecule has 0 aromatic heterocycles. The number of benzene rings is 2. The lowest BCUT2D eigenvalue weighted by Crippen LogP contribution is -1.86. The molecule has 0 N–H and O–H groups in total. The molecular weight excluding hydrogens is 328 g/mol. The number of alkyl halides is 2. The molecule has 0 atom stereocenters. The first-order chi connectivity index (χ1) is 7.85. The van der Waals surface area contributed by atoms with Gasteiger partial charge in [0.2, 0.25) is 0 Å². The van der Waals surface area contributed by atoms with E-state index >= 15 is 0 Å². The van der Waals surface area contributed by atoms with Crippen LogP contribution in [0.5, 0.6) is 0 Å². The SMILES string of the molecule is BrCc1ccc(-c2ccccc2CBr)cc1. The van der Waals surface area contributed by atoms with Gasteiger partial charge in [-0.1, -0.05) is 80.4 Å². The van der Waals surface area contributed by atoms with Gasteiger partial charge in [-0.3, -0.25) is 0 Å². The molecule has 16 heavy (non-hydrogen) atoms. The summed E-state index contributed by atoms with van der Waals surface area (Å²) < 4.78 is 0. The first kappa shape index (κ1) is 11.9. The first-order valence-corrected chi connectivity index (χ1v) is 7.38. The van der Waals surface area contributed by atoms with E-state index in [2.05, 4.69) is 80.4 Å². The molecule has 0 saturated carbocycles. The molecule has 2 aromatic carbocycles. The minimum absolute atomic E-state index is 0.892. The van der Waals surface area contributed by atoms with E-state index in [0.717, 1.165) is 10.7 Å². The summed E-state index contributed by atoms with van der Waals surface area (Å²) in [4.78, 5) is 0. The zero-order valence-corrected chi connectivity index (χ0v) is 12.0. The largest absolute Gasteiger partial charge is 0.0876 e.